The molecule has 6 nitrogen and oxygen atoms in total. The number of aromatic amines is 1. The van der Waals surface area contributed by atoms with Crippen LogP contribution in [-0.4, -0.2) is 27.7 Å². The first-order chi connectivity index (χ1) is 11.0. The molecule has 0 radical (unpaired) electrons. The van der Waals surface area contributed by atoms with Crippen molar-refractivity contribution in [1.29, 1.82) is 0 Å². The van der Waals surface area contributed by atoms with Gasteiger partial charge in [0.05, 0.1) is 12.8 Å². The topological polar surface area (TPSA) is 72.3 Å². The van der Waals surface area contributed by atoms with Gasteiger partial charge in [-0.05, 0) is 61.3 Å². The van der Waals surface area contributed by atoms with Gasteiger partial charge in [0.1, 0.15) is 11.4 Å². The number of nitrogens with zero attached hydrogens (tertiary/aromatic N) is 3. The van der Waals surface area contributed by atoms with E-state index in [9.17, 15) is 4.79 Å². The Morgan fingerprint density at radius 2 is 2.09 bits per heavy atom. The number of aromatic nitrogens is 3. The first-order valence-corrected chi connectivity index (χ1v) is 7.83. The Morgan fingerprint density at radius 1 is 1.39 bits per heavy atom. The molecule has 2 aromatic rings. The average Bonchev–Trinajstić information content (AvgIpc) is 2.52. The van der Waals surface area contributed by atoms with E-state index < -0.39 is 0 Å². The lowest BCUT2D eigenvalue weighted by Crippen LogP contribution is -2.22. The van der Waals surface area contributed by atoms with Gasteiger partial charge in [0, 0.05) is 0 Å². The lowest BCUT2D eigenvalue weighted by atomic mass is 10.1. The van der Waals surface area contributed by atoms with Crippen molar-refractivity contribution in [3.8, 4) is 5.75 Å². The first kappa shape index (κ1) is 17.1. The van der Waals surface area contributed by atoms with E-state index >= 15 is 0 Å². The minimum absolute atomic E-state index is 0.158. The predicted molar refractivity (Wildman–Crippen MR) is 92.8 cm³/mol. The van der Waals surface area contributed by atoms with Crippen molar-refractivity contribution in [2.24, 2.45) is 11.0 Å². The van der Waals surface area contributed by atoms with Crippen LogP contribution in [0, 0.1) is 17.6 Å². The summed E-state index contributed by atoms with van der Waals surface area (Å²) in [7, 11) is 0. The summed E-state index contributed by atoms with van der Waals surface area (Å²) in [4.78, 5) is 11.9. The molecule has 0 bridgehead atoms. The maximum Gasteiger partial charge on any atom is 0.296 e. The Morgan fingerprint density at radius 3 is 2.74 bits per heavy atom. The van der Waals surface area contributed by atoms with Gasteiger partial charge in [-0.1, -0.05) is 13.8 Å². The number of hydrogen-bond acceptors (Lipinski definition) is 5. The van der Waals surface area contributed by atoms with Gasteiger partial charge in [0.2, 0.25) is 4.77 Å². The molecule has 23 heavy (non-hydrogen) atoms. The fourth-order valence-corrected chi connectivity index (χ4v) is 1.94. The summed E-state index contributed by atoms with van der Waals surface area (Å²) in [6, 6.07) is 7.51. The molecule has 0 fully saturated rings. The summed E-state index contributed by atoms with van der Waals surface area (Å²) in [6.45, 7) is 6.63. The molecule has 0 aliphatic carbocycles. The average molecular weight is 332 g/mol. The molecule has 2 rings (SSSR count). The number of H-pyrrole nitrogens is 1. The number of hydrogen-bond donors (Lipinski definition) is 1. The third-order valence-electron chi connectivity index (χ3n) is 3.18. The Hall–Kier alpha value is -2.28. The highest BCUT2D eigenvalue weighted by Gasteiger charge is 2.01. The van der Waals surface area contributed by atoms with Crippen LogP contribution < -0.4 is 10.3 Å². The molecule has 1 aromatic heterocycles. The summed E-state index contributed by atoms with van der Waals surface area (Å²) in [5.41, 5.74) is 0.820. The minimum atomic E-state index is -0.335. The second-order valence-corrected chi connectivity index (χ2v) is 5.96. The quantitative estimate of drug-likeness (QED) is 0.652. The van der Waals surface area contributed by atoms with Gasteiger partial charge in [0.15, 0.2) is 0 Å². The van der Waals surface area contributed by atoms with Gasteiger partial charge >= 0.3 is 0 Å². The van der Waals surface area contributed by atoms with E-state index in [1.54, 1.807) is 13.1 Å². The Labute approximate surface area is 139 Å². The van der Waals surface area contributed by atoms with Crippen LogP contribution in [0.5, 0.6) is 5.75 Å². The van der Waals surface area contributed by atoms with Crippen molar-refractivity contribution in [2.45, 2.75) is 27.2 Å². The van der Waals surface area contributed by atoms with Crippen LogP contribution in [0.1, 0.15) is 31.5 Å². The smallest absolute Gasteiger partial charge is 0.296 e. The summed E-state index contributed by atoms with van der Waals surface area (Å²) in [5.74, 6) is 1.44. The van der Waals surface area contributed by atoms with Crippen molar-refractivity contribution >= 4 is 18.4 Å². The molecule has 1 aromatic carbocycles. The molecule has 0 spiro atoms. The number of rotatable bonds is 6. The fourth-order valence-electron chi connectivity index (χ4n) is 1.76. The lowest BCUT2D eigenvalue weighted by molar-refractivity contribution is 0.289. The highest BCUT2D eigenvalue weighted by molar-refractivity contribution is 7.71. The van der Waals surface area contributed by atoms with E-state index in [2.05, 4.69) is 29.1 Å². The summed E-state index contributed by atoms with van der Waals surface area (Å²) < 4.78 is 6.93. The van der Waals surface area contributed by atoms with E-state index in [1.165, 1.54) is 0 Å². The highest BCUT2D eigenvalue weighted by Crippen LogP contribution is 2.12. The van der Waals surface area contributed by atoms with Crippen molar-refractivity contribution in [3.63, 3.8) is 0 Å². The van der Waals surface area contributed by atoms with Gasteiger partial charge < -0.3 is 4.74 Å². The molecule has 0 saturated heterocycles. The predicted octanol–water partition coefficient (Wildman–Crippen LogP) is 2.92. The Bertz CT molecular complexity index is 791. The lowest BCUT2D eigenvalue weighted by Gasteiger charge is -2.07. The minimum Gasteiger partial charge on any atom is -0.494 e. The highest BCUT2D eigenvalue weighted by atomic mass is 32.1. The van der Waals surface area contributed by atoms with Crippen LogP contribution in [0.15, 0.2) is 34.2 Å². The monoisotopic (exact) mass is 332 g/mol. The van der Waals surface area contributed by atoms with Crippen molar-refractivity contribution < 1.29 is 4.74 Å². The zero-order chi connectivity index (χ0) is 16.8. The number of benzene rings is 1. The molecule has 122 valence electrons. The summed E-state index contributed by atoms with van der Waals surface area (Å²) in [6.07, 6.45) is 2.59. The van der Waals surface area contributed by atoms with E-state index in [0.717, 1.165) is 22.4 Å². The third kappa shape index (κ3) is 4.85. The second-order valence-electron chi connectivity index (χ2n) is 5.58. The van der Waals surface area contributed by atoms with Crippen molar-refractivity contribution in [2.75, 3.05) is 6.61 Å². The maximum atomic E-state index is 11.9. The maximum absolute atomic E-state index is 11.9. The van der Waals surface area contributed by atoms with Gasteiger partial charge in [0.25, 0.3) is 5.56 Å². The Kier molecular flexibility index (Phi) is 5.81. The molecule has 0 amide bonds. The van der Waals surface area contributed by atoms with Gasteiger partial charge in [-0.25, -0.2) is 0 Å². The SMILES string of the molecule is Cc1n[nH]c(=S)n(N=Cc2ccc(OCCC(C)C)cc2)c1=O. The van der Waals surface area contributed by atoms with E-state index in [4.69, 9.17) is 17.0 Å². The van der Waals surface area contributed by atoms with Crippen LogP contribution >= 0.6 is 12.2 Å². The van der Waals surface area contributed by atoms with Gasteiger partial charge in [-0.2, -0.15) is 14.9 Å². The zero-order valence-electron chi connectivity index (χ0n) is 13.4. The Balaban J connectivity index is 2.08. The number of ether oxygens (including phenoxy) is 1. The molecule has 0 aliphatic heterocycles. The first-order valence-electron chi connectivity index (χ1n) is 7.43. The normalized spacial score (nSPS) is 11.3. The zero-order valence-corrected chi connectivity index (χ0v) is 14.3. The molecule has 0 aliphatic rings. The molecule has 1 N–H and O–H groups in total. The molecule has 1 heterocycles. The van der Waals surface area contributed by atoms with E-state index in [0.29, 0.717) is 18.2 Å². The standard InChI is InChI=1S/C16H20N4O2S/c1-11(2)8-9-22-14-6-4-13(5-7-14)10-17-20-15(21)12(3)18-19-16(20)23/h4-7,10-11H,8-9H2,1-3H3,(H,19,23). The molecular formula is C16H20N4O2S. The number of aryl methyl sites for hydroxylation is 1. The van der Waals surface area contributed by atoms with Gasteiger partial charge in [-0.15, -0.1) is 0 Å². The largest absolute Gasteiger partial charge is 0.494 e. The summed E-state index contributed by atoms with van der Waals surface area (Å²) in [5, 5.41) is 10.5. The molecule has 0 saturated carbocycles. The van der Waals surface area contributed by atoms with Crippen molar-refractivity contribution in [3.05, 3.63) is 50.6 Å². The van der Waals surface area contributed by atoms with Crippen LogP contribution in [0.3, 0.4) is 0 Å². The van der Waals surface area contributed by atoms with E-state index in [1.807, 2.05) is 24.3 Å². The van der Waals surface area contributed by atoms with E-state index in [-0.39, 0.29) is 10.3 Å². The molecule has 0 unspecified atom stereocenters. The van der Waals surface area contributed by atoms with Gasteiger partial charge in [-0.3, -0.25) is 9.89 Å². The second kappa shape index (κ2) is 7.82. The fraction of sp³-hybridized carbons (Fsp3) is 0.375. The van der Waals surface area contributed by atoms with Crippen molar-refractivity contribution in [1.82, 2.24) is 14.9 Å². The summed E-state index contributed by atoms with van der Waals surface area (Å²) >= 11 is 5.02. The van der Waals surface area contributed by atoms with Crippen LogP contribution in [0.2, 0.25) is 0 Å². The van der Waals surface area contributed by atoms with Crippen LogP contribution in [-0.2, 0) is 0 Å². The van der Waals surface area contributed by atoms with Crippen LogP contribution in [0.4, 0.5) is 0 Å². The molecule has 7 heteroatoms. The van der Waals surface area contributed by atoms with Crippen LogP contribution in [0.25, 0.3) is 0 Å². The molecule has 0 atom stereocenters. The molecular weight excluding hydrogens is 312 g/mol. The third-order valence-corrected chi connectivity index (χ3v) is 3.44. The number of nitrogens with one attached hydrogen (secondary N) is 1.